The van der Waals surface area contributed by atoms with Gasteiger partial charge >= 0.3 is 0 Å². The maximum Gasteiger partial charge on any atom is 0.0923 e. The molecule has 0 saturated heterocycles. The summed E-state index contributed by atoms with van der Waals surface area (Å²) in [6, 6.07) is 0. The maximum absolute atomic E-state index is 8.91. The molecule has 0 rings (SSSR count). The molecule has 0 bridgehead atoms. The molecule has 0 fully saturated rings. The van der Waals surface area contributed by atoms with Crippen LogP contribution in [0, 0.1) is 0 Å². The minimum absolute atomic E-state index is 0.347. The molecule has 0 aliphatic carbocycles. The zero-order valence-corrected chi connectivity index (χ0v) is 5.72. The number of aliphatic hydroxyl groups excluding tert-OH is 1. The zero-order valence-electron chi connectivity index (χ0n) is 5.72. The molecule has 1 nitrogen and oxygen atoms in total. The lowest BCUT2D eigenvalue weighted by Crippen LogP contribution is -1.80. The van der Waals surface area contributed by atoms with Gasteiger partial charge in [-0.2, -0.15) is 0 Å². The topological polar surface area (TPSA) is 20.2 Å². The average molecular weight is 124 g/mol. The van der Waals surface area contributed by atoms with E-state index in [2.05, 4.69) is 13.2 Å². The number of allylic oxidation sites excluding steroid dienone is 3. The molecule has 0 aromatic heterocycles. The largest absolute Gasteiger partial charge is 0.512 e. The molecule has 0 aromatic carbocycles. The van der Waals surface area contributed by atoms with E-state index in [1.54, 1.807) is 19.1 Å². The highest BCUT2D eigenvalue weighted by Crippen LogP contribution is 2.05. The Morgan fingerprint density at radius 3 is 2.56 bits per heavy atom. The van der Waals surface area contributed by atoms with Crippen LogP contribution in [0.4, 0.5) is 0 Å². The van der Waals surface area contributed by atoms with E-state index < -0.39 is 0 Å². The van der Waals surface area contributed by atoms with Gasteiger partial charge in [0.25, 0.3) is 0 Å². The highest BCUT2D eigenvalue weighted by molar-refractivity contribution is 5.16. The molecular weight excluding hydrogens is 112 g/mol. The lowest BCUT2D eigenvalue weighted by molar-refractivity contribution is 0.398. The van der Waals surface area contributed by atoms with Gasteiger partial charge in [0.2, 0.25) is 0 Å². The summed E-state index contributed by atoms with van der Waals surface area (Å²) in [6.07, 6.45) is 3.80. The highest BCUT2D eigenvalue weighted by atomic mass is 16.3. The first-order chi connectivity index (χ1) is 4.20. The van der Waals surface area contributed by atoms with Crippen LogP contribution >= 0.6 is 0 Å². The summed E-state index contributed by atoms with van der Waals surface area (Å²) in [5.41, 5.74) is 0.839. The van der Waals surface area contributed by atoms with Crippen molar-refractivity contribution in [2.45, 2.75) is 13.3 Å². The van der Waals surface area contributed by atoms with E-state index in [9.17, 15) is 0 Å². The Labute approximate surface area is 56.0 Å². The smallest absolute Gasteiger partial charge is 0.0923 e. The Morgan fingerprint density at radius 2 is 2.22 bits per heavy atom. The lowest BCUT2D eigenvalue weighted by atomic mass is 10.2. The van der Waals surface area contributed by atoms with Crippen LogP contribution in [-0.2, 0) is 0 Å². The third-order valence-electron chi connectivity index (χ3n) is 1.03. The van der Waals surface area contributed by atoms with Gasteiger partial charge in [-0.25, -0.2) is 0 Å². The van der Waals surface area contributed by atoms with Crippen molar-refractivity contribution in [3.8, 4) is 0 Å². The van der Waals surface area contributed by atoms with Gasteiger partial charge in [0.1, 0.15) is 0 Å². The van der Waals surface area contributed by atoms with Crippen LogP contribution in [-0.4, -0.2) is 5.11 Å². The number of rotatable bonds is 3. The molecular formula is C8H12O. The Morgan fingerprint density at radius 1 is 1.67 bits per heavy atom. The predicted molar refractivity (Wildman–Crippen MR) is 40.3 cm³/mol. The van der Waals surface area contributed by atoms with E-state index in [0.717, 1.165) is 5.57 Å². The van der Waals surface area contributed by atoms with E-state index in [1.165, 1.54) is 0 Å². The predicted octanol–water partition coefficient (Wildman–Crippen LogP) is 2.58. The number of hydrogen-bond donors (Lipinski definition) is 1. The Balaban J connectivity index is 3.74. The van der Waals surface area contributed by atoms with Gasteiger partial charge in [0.15, 0.2) is 0 Å². The summed E-state index contributed by atoms with van der Waals surface area (Å²) in [5.74, 6) is 0.347. The molecule has 0 unspecified atom stereocenters. The van der Waals surface area contributed by atoms with Crippen molar-refractivity contribution in [1.29, 1.82) is 0 Å². The molecule has 0 spiro atoms. The highest BCUT2D eigenvalue weighted by Gasteiger charge is 1.90. The van der Waals surface area contributed by atoms with E-state index in [-0.39, 0.29) is 0 Å². The van der Waals surface area contributed by atoms with Crippen LogP contribution in [0.3, 0.4) is 0 Å². The summed E-state index contributed by atoms with van der Waals surface area (Å²) in [5, 5.41) is 8.91. The van der Waals surface area contributed by atoms with Crippen molar-refractivity contribution in [3.63, 3.8) is 0 Å². The molecule has 0 aromatic rings. The Kier molecular flexibility index (Phi) is 3.52. The summed E-state index contributed by atoms with van der Waals surface area (Å²) < 4.78 is 0. The fourth-order valence-electron chi connectivity index (χ4n) is 0.407. The van der Waals surface area contributed by atoms with Gasteiger partial charge in [-0.3, -0.25) is 0 Å². The Hall–Kier alpha value is -0.980. The first-order valence-corrected chi connectivity index (χ1v) is 2.85. The fraction of sp³-hybridized carbons (Fsp3) is 0.250. The third-order valence-corrected chi connectivity index (χ3v) is 1.03. The second-order valence-corrected chi connectivity index (χ2v) is 1.82. The van der Waals surface area contributed by atoms with E-state index >= 15 is 0 Å². The van der Waals surface area contributed by atoms with Crippen LogP contribution in [0.5, 0.6) is 0 Å². The zero-order chi connectivity index (χ0) is 7.28. The monoisotopic (exact) mass is 124 g/mol. The molecule has 0 aliphatic heterocycles. The Bertz CT molecular complexity index is 143. The van der Waals surface area contributed by atoms with Crippen LogP contribution < -0.4 is 0 Å². The SMILES string of the molecule is C=CC(=C)CC(O)=CC. The van der Waals surface area contributed by atoms with Crippen molar-refractivity contribution >= 4 is 0 Å². The van der Waals surface area contributed by atoms with E-state index in [0.29, 0.717) is 12.2 Å². The molecule has 1 heteroatoms. The van der Waals surface area contributed by atoms with Crippen molar-refractivity contribution < 1.29 is 5.11 Å². The van der Waals surface area contributed by atoms with E-state index in [1.807, 2.05) is 0 Å². The van der Waals surface area contributed by atoms with Gasteiger partial charge in [0, 0.05) is 6.42 Å². The van der Waals surface area contributed by atoms with Crippen molar-refractivity contribution in [1.82, 2.24) is 0 Å². The standard InChI is InChI=1S/C8H12O/c1-4-7(3)6-8(9)5-2/h4-5,9H,1,3,6H2,2H3. The molecule has 0 aliphatic rings. The van der Waals surface area contributed by atoms with Gasteiger partial charge in [0.05, 0.1) is 5.76 Å². The maximum atomic E-state index is 8.91. The van der Waals surface area contributed by atoms with Crippen LogP contribution in [0.2, 0.25) is 0 Å². The first-order valence-electron chi connectivity index (χ1n) is 2.85. The van der Waals surface area contributed by atoms with Crippen molar-refractivity contribution in [2.24, 2.45) is 0 Å². The van der Waals surface area contributed by atoms with Crippen LogP contribution in [0.25, 0.3) is 0 Å². The van der Waals surface area contributed by atoms with Crippen molar-refractivity contribution in [2.75, 3.05) is 0 Å². The molecule has 1 N–H and O–H groups in total. The quantitative estimate of drug-likeness (QED) is 0.453. The van der Waals surface area contributed by atoms with Crippen LogP contribution in [0.15, 0.2) is 36.6 Å². The van der Waals surface area contributed by atoms with E-state index in [4.69, 9.17) is 5.11 Å². The van der Waals surface area contributed by atoms with Gasteiger partial charge in [-0.1, -0.05) is 19.2 Å². The summed E-state index contributed by atoms with van der Waals surface area (Å²) in [7, 11) is 0. The number of hydrogen-bond acceptors (Lipinski definition) is 1. The van der Waals surface area contributed by atoms with Crippen molar-refractivity contribution in [3.05, 3.63) is 36.6 Å². The summed E-state index contributed by atoms with van der Waals surface area (Å²) >= 11 is 0. The summed E-state index contributed by atoms with van der Waals surface area (Å²) in [4.78, 5) is 0. The number of aliphatic hydroxyl groups is 1. The average Bonchev–Trinajstić information content (AvgIpc) is 1.87. The molecule has 9 heavy (non-hydrogen) atoms. The normalized spacial score (nSPS) is 11.0. The third kappa shape index (κ3) is 3.59. The molecule has 0 saturated carbocycles. The summed E-state index contributed by atoms with van der Waals surface area (Å²) in [6.45, 7) is 8.94. The minimum atomic E-state index is 0.347. The van der Waals surface area contributed by atoms with Gasteiger partial charge in [-0.05, 0) is 18.6 Å². The molecule has 50 valence electrons. The van der Waals surface area contributed by atoms with Crippen LogP contribution in [0.1, 0.15) is 13.3 Å². The molecule has 0 amide bonds. The second kappa shape index (κ2) is 3.96. The van der Waals surface area contributed by atoms with Gasteiger partial charge in [-0.15, -0.1) is 0 Å². The lowest BCUT2D eigenvalue weighted by Gasteiger charge is -1.95. The van der Waals surface area contributed by atoms with Gasteiger partial charge < -0.3 is 5.11 Å². The minimum Gasteiger partial charge on any atom is -0.512 e. The molecule has 0 heterocycles. The molecule has 0 radical (unpaired) electrons. The fourth-order valence-corrected chi connectivity index (χ4v) is 0.407. The molecule has 0 atom stereocenters. The second-order valence-electron chi connectivity index (χ2n) is 1.82. The first kappa shape index (κ1) is 8.02.